The van der Waals surface area contributed by atoms with Gasteiger partial charge < -0.3 is 10.1 Å². The molecule has 0 saturated carbocycles. The predicted molar refractivity (Wildman–Crippen MR) is 83.9 cm³/mol. The topological polar surface area (TPSA) is 58.6 Å². The Kier molecular flexibility index (Phi) is 4.02. The van der Waals surface area contributed by atoms with Gasteiger partial charge in [0.2, 0.25) is 10.0 Å². The Balaban J connectivity index is 2.00. The predicted octanol–water partition coefficient (Wildman–Crippen LogP) is 1.69. The number of nitrogens with zero attached hydrogens (tertiary/aromatic N) is 1. The largest absolute Gasteiger partial charge is 0.495 e. The minimum atomic E-state index is -3.54. The van der Waals surface area contributed by atoms with Gasteiger partial charge in [-0.2, -0.15) is 4.31 Å². The van der Waals surface area contributed by atoms with Gasteiger partial charge in [-0.3, -0.25) is 0 Å². The summed E-state index contributed by atoms with van der Waals surface area (Å²) in [4.78, 5) is 0.235. The molecule has 1 aromatic carbocycles. The normalized spacial score (nSPS) is 29.6. The van der Waals surface area contributed by atoms with Crippen molar-refractivity contribution in [3.05, 3.63) is 22.7 Å². The number of methoxy groups -OCH3 is 1. The maximum Gasteiger partial charge on any atom is 0.247 e. The molecule has 5 nitrogen and oxygen atoms in total. The van der Waals surface area contributed by atoms with Gasteiger partial charge in [-0.05, 0) is 50.0 Å². The van der Waals surface area contributed by atoms with E-state index in [0.29, 0.717) is 24.1 Å². The van der Waals surface area contributed by atoms with Crippen LogP contribution in [0.2, 0.25) is 0 Å². The van der Waals surface area contributed by atoms with Gasteiger partial charge in [0, 0.05) is 17.1 Å². The van der Waals surface area contributed by atoms with E-state index in [2.05, 4.69) is 21.2 Å². The molecule has 0 bridgehead atoms. The first kappa shape index (κ1) is 15.3. The number of rotatable bonds is 3. The Hall–Kier alpha value is -0.630. The molecule has 0 aliphatic carbocycles. The Morgan fingerprint density at radius 2 is 2.14 bits per heavy atom. The molecule has 0 radical (unpaired) electrons. The van der Waals surface area contributed by atoms with Crippen LogP contribution in [0.4, 0.5) is 0 Å². The number of sulfonamides is 1. The van der Waals surface area contributed by atoms with Crippen molar-refractivity contribution in [2.45, 2.75) is 17.9 Å². The van der Waals surface area contributed by atoms with Crippen molar-refractivity contribution in [2.24, 2.45) is 11.8 Å². The third-order valence-electron chi connectivity index (χ3n) is 4.59. The maximum atomic E-state index is 13.0. The highest BCUT2D eigenvalue weighted by molar-refractivity contribution is 9.10. The zero-order valence-electron chi connectivity index (χ0n) is 12.0. The fourth-order valence-electron chi connectivity index (χ4n) is 3.42. The summed E-state index contributed by atoms with van der Waals surface area (Å²) in [5.41, 5.74) is 0. The highest BCUT2D eigenvalue weighted by atomic mass is 79.9. The number of ether oxygens (including phenoxy) is 1. The van der Waals surface area contributed by atoms with Crippen LogP contribution in [-0.2, 0) is 10.0 Å². The lowest BCUT2D eigenvalue weighted by molar-refractivity contribution is 0.355. The van der Waals surface area contributed by atoms with Crippen LogP contribution in [0.1, 0.15) is 6.92 Å². The molecule has 7 heteroatoms. The van der Waals surface area contributed by atoms with Crippen LogP contribution in [0.25, 0.3) is 0 Å². The zero-order valence-corrected chi connectivity index (χ0v) is 14.4. The quantitative estimate of drug-likeness (QED) is 0.874. The summed E-state index contributed by atoms with van der Waals surface area (Å²) < 4.78 is 33.6. The number of hydrogen-bond donors (Lipinski definition) is 1. The van der Waals surface area contributed by atoms with E-state index in [0.717, 1.165) is 17.6 Å². The molecule has 3 rings (SSSR count). The first-order valence-electron chi connectivity index (χ1n) is 7.01. The third kappa shape index (κ3) is 2.50. The number of benzene rings is 1. The number of fused-ring (bicyclic) bond motifs is 1. The lowest BCUT2D eigenvalue weighted by atomic mass is 9.95. The van der Waals surface area contributed by atoms with Gasteiger partial charge in [0.1, 0.15) is 10.6 Å². The molecule has 2 saturated heterocycles. The van der Waals surface area contributed by atoms with Crippen molar-refractivity contribution in [1.82, 2.24) is 9.62 Å². The molecule has 21 heavy (non-hydrogen) atoms. The summed E-state index contributed by atoms with van der Waals surface area (Å²) in [6.07, 6.45) is 0. The summed E-state index contributed by atoms with van der Waals surface area (Å²) in [5, 5.41) is 3.34. The molecule has 3 unspecified atom stereocenters. The van der Waals surface area contributed by atoms with E-state index < -0.39 is 10.0 Å². The monoisotopic (exact) mass is 374 g/mol. The molecule has 2 fully saturated rings. The van der Waals surface area contributed by atoms with Crippen molar-refractivity contribution < 1.29 is 13.2 Å². The minimum absolute atomic E-state index is 0.0127. The SMILES string of the molecule is COc1ccc(Br)cc1S(=O)(=O)N1CC2CNCC2C1C. The second kappa shape index (κ2) is 5.53. The first-order valence-corrected chi connectivity index (χ1v) is 9.24. The van der Waals surface area contributed by atoms with Crippen molar-refractivity contribution in [2.75, 3.05) is 26.7 Å². The molecular formula is C14H19BrN2O3S. The number of nitrogens with one attached hydrogen (secondary N) is 1. The van der Waals surface area contributed by atoms with E-state index in [1.807, 2.05) is 6.92 Å². The van der Waals surface area contributed by atoms with Gasteiger partial charge in [-0.25, -0.2) is 8.42 Å². The molecule has 2 aliphatic rings. The summed E-state index contributed by atoms with van der Waals surface area (Å²) in [6.45, 7) is 4.38. The molecule has 116 valence electrons. The van der Waals surface area contributed by atoms with E-state index in [4.69, 9.17) is 4.74 Å². The molecule has 2 aliphatic heterocycles. The van der Waals surface area contributed by atoms with Crippen molar-refractivity contribution in [1.29, 1.82) is 0 Å². The standard InChI is InChI=1S/C14H19BrN2O3S/c1-9-12-7-16-6-10(12)8-17(9)21(18,19)14-5-11(15)3-4-13(14)20-2/h3-5,9-10,12,16H,6-8H2,1-2H3. The Bertz CT molecular complexity index is 650. The average Bonchev–Trinajstić information content (AvgIpc) is 3.02. The van der Waals surface area contributed by atoms with E-state index in [-0.39, 0.29) is 10.9 Å². The second-order valence-corrected chi connectivity index (χ2v) is 8.47. The van der Waals surface area contributed by atoms with Gasteiger partial charge in [0.25, 0.3) is 0 Å². The van der Waals surface area contributed by atoms with Crippen LogP contribution in [0.15, 0.2) is 27.6 Å². The lowest BCUT2D eigenvalue weighted by Crippen LogP contribution is -2.38. The van der Waals surface area contributed by atoms with Gasteiger partial charge in [0.15, 0.2) is 0 Å². The van der Waals surface area contributed by atoms with Gasteiger partial charge in [-0.1, -0.05) is 15.9 Å². The van der Waals surface area contributed by atoms with Crippen LogP contribution in [-0.4, -0.2) is 45.5 Å². The molecular weight excluding hydrogens is 356 g/mol. The second-order valence-electron chi connectivity index (χ2n) is 5.69. The Morgan fingerprint density at radius 1 is 1.38 bits per heavy atom. The zero-order chi connectivity index (χ0) is 15.2. The fraction of sp³-hybridized carbons (Fsp3) is 0.571. The van der Waals surface area contributed by atoms with Gasteiger partial charge in [0.05, 0.1) is 7.11 Å². The van der Waals surface area contributed by atoms with Crippen molar-refractivity contribution in [3.8, 4) is 5.75 Å². The smallest absolute Gasteiger partial charge is 0.247 e. The molecule has 0 aromatic heterocycles. The van der Waals surface area contributed by atoms with Crippen LogP contribution in [0, 0.1) is 11.8 Å². The average molecular weight is 375 g/mol. The van der Waals surface area contributed by atoms with Gasteiger partial charge >= 0.3 is 0 Å². The van der Waals surface area contributed by atoms with E-state index >= 15 is 0 Å². The Labute approximate surface area is 133 Å². The summed E-state index contributed by atoms with van der Waals surface area (Å²) in [5.74, 6) is 1.20. The van der Waals surface area contributed by atoms with Crippen LogP contribution in [0.3, 0.4) is 0 Å². The van der Waals surface area contributed by atoms with E-state index in [1.54, 1.807) is 22.5 Å². The fourth-order valence-corrected chi connectivity index (χ4v) is 5.85. The summed E-state index contributed by atoms with van der Waals surface area (Å²) >= 11 is 3.34. The molecule has 0 amide bonds. The van der Waals surface area contributed by atoms with E-state index in [1.165, 1.54) is 7.11 Å². The van der Waals surface area contributed by atoms with Crippen LogP contribution in [0.5, 0.6) is 5.75 Å². The van der Waals surface area contributed by atoms with E-state index in [9.17, 15) is 8.42 Å². The first-order chi connectivity index (χ1) is 9.95. The molecule has 1 N–H and O–H groups in total. The molecule has 3 atom stereocenters. The summed E-state index contributed by atoms with van der Waals surface area (Å²) in [7, 11) is -2.05. The van der Waals surface area contributed by atoms with Crippen LogP contribution < -0.4 is 10.1 Å². The highest BCUT2D eigenvalue weighted by Gasteiger charge is 2.47. The van der Waals surface area contributed by atoms with Crippen molar-refractivity contribution in [3.63, 3.8) is 0 Å². The number of halogens is 1. The van der Waals surface area contributed by atoms with Crippen LogP contribution >= 0.6 is 15.9 Å². The molecule has 0 spiro atoms. The highest BCUT2D eigenvalue weighted by Crippen LogP contribution is 2.38. The Morgan fingerprint density at radius 3 is 2.81 bits per heavy atom. The minimum Gasteiger partial charge on any atom is -0.495 e. The molecule has 2 heterocycles. The molecule has 1 aromatic rings. The maximum absolute atomic E-state index is 13.0. The lowest BCUT2D eigenvalue weighted by Gasteiger charge is -2.24. The number of hydrogen-bond acceptors (Lipinski definition) is 4. The third-order valence-corrected chi connectivity index (χ3v) is 7.06. The summed E-state index contributed by atoms with van der Waals surface area (Å²) in [6, 6.07) is 5.09. The van der Waals surface area contributed by atoms with Gasteiger partial charge in [-0.15, -0.1) is 0 Å². The van der Waals surface area contributed by atoms with Crippen molar-refractivity contribution >= 4 is 26.0 Å².